The number of carboxylic acids is 1. The molecular weight excluding hydrogens is 232 g/mol. The molecule has 1 aromatic heterocycles. The second-order valence-electron chi connectivity index (χ2n) is 4.40. The van der Waals surface area contributed by atoms with E-state index in [4.69, 9.17) is 5.11 Å². The molecule has 0 aromatic carbocycles. The first-order chi connectivity index (χ1) is 8.38. The fourth-order valence-corrected chi connectivity index (χ4v) is 2.07. The number of nitrogens with zero attached hydrogens (tertiary/aromatic N) is 2. The Labute approximate surface area is 107 Å². The van der Waals surface area contributed by atoms with Crippen molar-refractivity contribution in [3.8, 4) is 0 Å². The summed E-state index contributed by atoms with van der Waals surface area (Å²) in [7, 11) is 1.63. The zero-order valence-corrected chi connectivity index (χ0v) is 11.4. The zero-order chi connectivity index (χ0) is 13.9. The van der Waals surface area contributed by atoms with E-state index in [1.165, 1.54) is 4.90 Å². The molecule has 5 heteroatoms. The van der Waals surface area contributed by atoms with Crippen molar-refractivity contribution in [2.75, 3.05) is 13.6 Å². The Morgan fingerprint density at radius 1 is 1.39 bits per heavy atom. The summed E-state index contributed by atoms with van der Waals surface area (Å²) in [6, 6.07) is 1.86. The number of aliphatic carboxylic acids is 1. The minimum atomic E-state index is -0.895. The van der Waals surface area contributed by atoms with Gasteiger partial charge in [0.2, 0.25) is 0 Å². The lowest BCUT2D eigenvalue weighted by molar-refractivity contribution is -0.137. The van der Waals surface area contributed by atoms with Gasteiger partial charge in [0.1, 0.15) is 0 Å². The molecule has 0 unspecified atom stereocenters. The van der Waals surface area contributed by atoms with Gasteiger partial charge < -0.3 is 14.6 Å². The first-order valence-corrected chi connectivity index (χ1v) is 6.02. The summed E-state index contributed by atoms with van der Waals surface area (Å²) in [4.78, 5) is 24.1. The van der Waals surface area contributed by atoms with E-state index in [1.54, 1.807) is 7.05 Å². The van der Waals surface area contributed by atoms with Crippen LogP contribution in [0.25, 0.3) is 0 Å². The van der Waals surface area contributed by atoms with Crippen LogP contribution in [0.2, 0.25) is 0 Å². The molecule has 1 aromatic rings. The van der Waals surface area contributed by atoms with Crippen molar-refractivity contribution in [3.63, 3.8) is 0 Å². The summed E-state index contributed by atoms with van der Waals surface area (Å²) in [5.74, 6) is -1.02. The highest BCUT2D eigenvalue weighted by molar-refractivity contribution is 5.95. The molecule has 0 atom stereocenters. The van der Waals surface area contributed by atoms with Crippen LogP contribution < -0.4 is 0 Å². The van der Waals surface area contributed by atoms with E-state index in [-0.39, 0.29) is 18.9 Å². The molecule has 0 saturated heterocycles. The van der Waals surface area contributed by atoms with Crippen LogP contribution in [0.1, 0.15) is 35.1 Å². The molecule has 0 saturated carbocycles. The highest BCUT2D eigenvalue weighted by Gasteiger charge is 2.18. The Hall–Kier alpha value is -1.78. The van der Waals surface area contributed by atoms with Gasteiger partial charge in [0.05, 0.1) is 12.0 Å². The monoisotopic (exact) mass is 252 g/mol. The zero-order valence-electron chi connectivity index (χ0n) is 11.4. The number of carbonyl (C=O) groups is 2. The fourth-order valence-electron chi connectivity index (χ4n) is 2.07. The van der Waals surface area contributed by atoms with Crippen LogP contribution in [-0.4, -0.2) is 40.0 Å². The number of carbonyl (C=O) groups excluding carboxylic acids is 1. The van der Waals surface area contributed by atoms with Gasteiger partial charge in [-0.3, -0.25) is 9.59 Å². The SMILES string of the molecule is CCn1c(C)cc(C(=O)N(C)CCC(=O)O)c1C. The normalized spacial score (nSPS) is 10.4. The lowest BCUT2D eigenvalue weighted by atomic mass is 10.2. The average molecular weight is 252 g/mol. The van der Waals surface area contributed by atoms with Gasteiger partial charge in [-0.2, -0.15) is 0 Å². The predicted molar refractivity (Wildman–Crippen MR) is 68.8 cm³/mol. The van der Waals surface area contributed by atoms with Crippen LogP contribution in [0.5, 0.6) is 0 Å². The second kappa shape index (κ2) is 5.71. The fraction of sp³-hybridized carbons (Fsp3) is 0.538. The van der Waals surface area contributed by atoms with Gasteiger partial charge >= 0.3 is 5.97 Å². The van der Waals surface area contributed by atoms with Crippen molar-refractivity contribution in [3.05, 3.63) is 23.0 Å². The van der Waals surface area contributed by atoms with Crippen LogP contribution in [0, 0.1) is 13.8 Å². The third-order valence-corrected chi connectivity index (χ3v) is 3.13. The molecule has 1 rings (SSSR count). The predicted octanol–water partition coefficient (Wildman–Crippen LogP) is 1.67. The first-order valence-electron chi connectivity index (χ1n) is 6.02. The Bertz CT molecular complexity index is 463. The molecule has 0 fully saturated rings. The van der Waals surface area contributed by atoms with Gasteiger partial charge in [0, 0.05) is 31.5 Å². The van der Waals surface area contributed by atoms with Gasteiger partial charge in [-0.15, -0.1) is 0 Å². The van der Waals surface area contributed by atoms with E-state index in [2.05, 4.69) is 4.57 Å². The van der Waals surface area contributed by atoms with Gasteiger partial charge in [-0.05, 0) is 26.8 Å². The van der Waals surface area contributed by atoms with E-state index in [9.17, 15) is 9.59 Å². The minimum Gasteiger partial charge on any atom is -0.481 e. The summed E-state index contributed by atoms with van der Waals surface area (Å²) in [5.41, 5.74) is 2.63. The topological polar surface area (TPSA) is 62.5 Å². The quantitative estimate of drug-likeness (QED) is 0.867. The van der Waals surface area contributed by atoms with Crippen molar-refractivity contribution in [1.29, 1.82) is 0 Å². The number of aryl methyl sites for hydroxylation is 1. The van der Waals surface area contributed by atoms with E-state index >= 15 is 0 Å². The van der Waals surface area contributed by atoms with Crippen molar-refractivity contribution >= 4 is 11.9 Å². The van der Waals surface area contributed by atoms with Gasteiger partial charge in [0.15, 0.2) is 0 Å². The smallest absolute Gasteiger partial charge is 0.305 e. The van der Waals surface area contributed by atoms with Crippen molar-refractivity contribution in [1.82, 2.24) is 9.47 Å². The molecule has 1 N–H and O–H groups in total. The van der Waals surface area contributed by atoms with Crippen molar-refractivity contribution < 1.29 is 14.7 Å². The molecule has 5 nitrogen and oxygen atoms in total. The number of hydrogen-bond acceptors (Lipinski definition) is 2. The molecule has 18 heavy (non-hydrogen) atoms. The lowest BCUT2D eigenvalue weighted by Gasteiger charge is -2.16. The van der Waals surface area contributed by atoms with Crippen molar-refractivity contribution in [2.24, 2.45) is 0 Å². The van der Waals surface area contributed by atoms with E-state index < -0.39 is 5.97 Å². The van der Waals surface area contributed by atoms with Crippen LogP contribution >= 0.6 is 0 Å². The van der Waals surface area contributed by atoms with E-state index in [0.29, 0.717) is 5.56 Å². The second-order valence-corrected chi connectivity index (χ2v) is 4.40. The van der Waals surface area contributed by atoms with Gasteiger partial charge in [-0.25, -0.2) is 0 Å². The maximum absolute atomic E-state index is 12.2. The maximum atomic E-state index is 12.2. The Morgan fingerprint density at radius 3 is 2.44 bits per heavy atom. The van der Waals surface area contributed by atoms with E-state index in [0.717, 1.165) is 17.9 Å². The van der Waals surface area contributed by atoms with Crippen molar-refractivity contribution in [2.45, 2.75) is 33.7 Å². The number of amides is 1. The summed E-state index contributed by atoms with van der Waals surface area (Å²) < 4.78 is 2.07. The molecule has 1 amide bonds. The third kappa shape index (κ3) is 2.91. The molecular formula is C13H20N2O3. The lowest BCUT2D eigenvalue weighted by Crippen LogP contribution is -2.29. The van der Waals surface area contributed by atoms with Gasteiger partial charge in [0.25, 0.3) is 5.91 Å². The minimum absolute atomic E-state index is 0.0330. The Morgan fingerprint density at radius 2 is 2.00 bits per heavy atom. The number of rotatable bonds is 5. The van der Waals surface area contributed by atoms with E-state index in [1.807, 2.05) is 26.8 Å². The summed E-state index contributed by atoms with van der Waals surface area (Å²) >= 11 is 0. The summed E-state index contributed by atoms with van der Waals surface area (Å²) in [6.07, 6.45) is -0.0330. The molecule has 0 aliphatic carbocycles. The highest BCUT2D eigenvalue weighted by atomic mass is 16.4. The summed E-state index contributed by atoms with van der Waals surface area (Å²) in [5, 5.41) is 8.61. The standard InChI is InChI=1S/C13H20N2O3/c1-5-15-9(2)8-11(10(15)3)13(18)14(4)7-6-12(16)17/h8H,5-7H2,1-4H3,(H,16,17). The van der Waals surface area contributed by atoms with Crippen LogP contribution in [0.4, 0.5) is 0 Å². The number of aromatic nitrogens is 1. The number of hydrogen-bond donors (Lipinski definition) is 1. The highest BCUT2D eigenvalue weighted by Crippen LogP contribution is 2.16. The average Bonchev–Trinajstić information content (AvgIpc) is 2.60. The Balaban J connectivity index is 2.87. The van der Waals surface area contributed by atoms with Crippen LogP contribution in [-0.2, 0) is 11.3 Å². The molecule has 0 aliphatic rings. The molecule has 1 heterocycles. The van der Waals surface area contributed by atoms with Crippen LogP contribution in [0.15, 0.2) is 6.07 Å². The maximum Gasteiger partial charge on any atom is 0.305 e. The third-order valence-electron chi connectivity index (χ3n) is 3.13. The molecule has 0 aliphatic heterocycles. The molecule has 0 spiro atoms. The number of carboxylic acid groups (broad SMARTS) is 1. The molecule has 100 valence electrons. The summed E-state index contributed by atoms with van der Waals surface area (Å²) in [6.45, 7) is 6.95. The largest absolute Gasteiger partial charge is 0.481 e. The molecule has 0 bridgehead atoms. The first kappa shape index (κ1) is 14.3. The molecule has 0 radical (unpaired) electrons. The van der Waals surface area contributed by atoms with Crippen LogP contribution in [0.3, 0.4) is 0 Å². The Kier molecular flexibility index (Phi) is 4.53. The van der Waals surface area contributed by atoms with Gasteiger partial charge in [-0.1, -0.05) is 0 Å².